The van der Waals surface area contributed by atoms with Gasteiger partial charge in [0.2, 0.25) is 0 Å². The molecule has 0 bridgehead atoms. The summed E-state index contributed by atoms with van der Waals surface area (Å²) in [6, 6.07) is 0.197. The van der Waals surface area contributed by atoms with Crippen LogP contribution in [0.25, 0.3) is 0 Å². The molecule has 3 nitrogen and oxygen atoms in total. The number of fused-ring (bicyclic) bond motifs is 1. The molecular weight excluding hydrogens is 190 g/mol. The predicted molar refractivity (Wildman–Crippen MR) is 58.1 cm³/mol. The van der Waals surface area contributed by atoms with Crippen molar-refractivity contribution in [2.45, 2.75) is 32.2 Å². The molecule has 82 valence electrons. The molecule has 0 unspecified atom stereocenters. The van der Waals surface area contributed by atoms with E-state index < -0.39 is 0 Å². The SMILES string of the molecule is COC(=O)C1=CC2=CC[C@H](N)[C@@]2(C)CC1. The highest BCUT2D eigenvalue weighted by molar-refractivity contribution is 5.89. The molecule has 0 heterocycles. The van der Waals surface area contributed by atoms with Crippen LogP contribution in [0.1, 0.15) is 26.2 Å². The molecule has 2 aliphatic rings. The fourth-order valence-corrected chi connectivity index (χ4v) is 2.46. The van der Waals surface area contributed by atoms with Crippen LogP contribution in [0.15, 0.2) is 23.3 Å². The van der Waals surface area contributed by atoms with Gasteiger partial charge >= 0.3 is 5.97 Å². The third kappa shape index (κ3) is 1.51. The molecule has 0 aromatic rings. The van der Waals surface area contributed by atoms with Gasteiger partial charge in [-0.2, -0.15) is 0 Å². The molecule has 0 amide bonds. The van der Waals surface area contributed by atoms with E-state index in [1.165, 1.54) is 12.7 Å². The topological polar surface area (TPSA) is 52.3 Å². The first-order chi connectivity index (χ1) is 7.08. The minimum Gasteiger partial charge on any atom is -0.466 e. The summed E-state index contributed by atoms with van der Waals surface area (Å²) < 4.78 is 4.73. The Morgan fingerprint density at radius 2 is 2.40 bits per heavy atom. The number of methoxy groups -OCH3 is 1. The van der Waals surface area contributed by atoms with Crippen molar-refractivity contribution < 1.29 is 9.53 Å². The molecule has 2 rings (SSSR count). The lowest BCUT2D eigenvalue weighted by atomic mass is 9.71. The van der Waals surface area contributed by atoms with Crippen LogP contribution in [-0.2, 0) is 9.53 Å². The highest BCUT2D eigenvalue weighted by Crippen LogP contribution is 2.46. The lowest BCUT2D eigenvalue weighted by molar-refractivity contribution is -0.136. The third-order valence-corrected chi connectivity index (χ3v) is 3.76. The van der Waals surface area contributed by atoms with Gasteiger partial charge in [-0.3, -0.25) is 0 Å². The number of carbonyl (C=O) groups excluding carboxylic acids is 1. The van der Waals surface area contributed by atoms with E-state index in [9.17, 15) is 4.79 Å². The van der Waals surface area contributed by atoms with Gasteiger partial charge in [-0.05, 0) is 30.9 Å². The van der Waals surface area contributed by atoms with Crippen LogP contribution in [0.4, 0.5) is 0 Å². The lowest BCUT2D eigenvalue weighted by Crippen LogP contribution is -2.38. The van der Waals surface area contributed by atoms with Crippen LogP contribution >= 0.6 is 0 Å². The third-order valence-electron chi connectivity index (χ3n) is 3.76. The van der Waals surface area contributed by atoms with Crippen molar-refractivity contribution >= 4 is 5.97 Å². The Morgan fingerprint density at radius 1 is 1.67 bits per heavy atom. The zero-order valence-electron chi connectivity index (χ0n) is 9.25. The van der Waals surface area contributed by atoms with Crippen LogP contribution in [0.5, 0.6) is 0 Å². The van der Waals surface area contributed by atoms with Gasteiger partial charge in [0.15, 0.2) is 0 Å². The average Bonchev–Trinajstić information content (AvgIpc) is 2.54. The van der Waals surface area contributed by atoms with E-state index in [1.54, 1.807) is 0 Å². The van der Waals surface area contributed by atoms with Crippen molar-refractivity contribution in [2.24, 2.45) is 11.1 Å². The van der Waals surface area contributed by atoms with E-state index in [2.05, 4.69) is 13.0 Å². The zero-order chi connectivity index (χ0) is 11.1. The summed E-state index contributed by atoms with van der Waals surface area (Å²) in [5.74, 6) is -0.210. The largest absolute Gasteiger partial charge is 0.466 e. The summed E-state index contributed by atoms with van der Waals surface area (Å²) in [7, 11) is 1.42. The Balaban J connectivity index is 2.28. The van der Waals surface area contributed by atoms with Crippen molar-refractivity contribution in [3.63, 3.8) is 0 Å². The Hall–Kier alpha value is -1.09. The summed E-state index contributed by atoms with van der Waals surface area (Å²) in [6.45, 7) is 2.18. The highest BCUT2D eigenvalue weighted by atomic mass is 16.5. The van der Waals surface area contributed by atoms with Gasteiger partial charge in [0.05, 0.1) is 7.11 Å². The first-order valence-electron chi connectivity index (χ1n) is 5.33. The second-order valence-corrected chi connectivity index (χ2v) is 4.58. The standard InChI is InChI=1S/C12H17NO2/c1-12-6-5-8(11(14)15-2)7-9(12)3-4-10(12)13/h3,7,10H,4-6,13H2,1-2H3/t10-,12-/m0/s1. The quantitative estimate of drug-likeness (QED) is 0.664. The molecule has 15 heavy (non-hydrogen) atoms. The van der Waals surface area contributed by atoms with Crippen molar-refractivity contribution in [1.29, 1.82) is 0 Å². The molecule has 0 saturated heterocycles. The molecule has 0 aromatic carbocycles. The number of nitrogens with two attached hydrogens (primary N) is 1. The molecule has 2 N–H and O–H groups in total. The van der Waals surface area contributed by atoms with Crippen LogP contribution in [0.2, 0.25) is 0 Å². The maximum absolute atomic E-state index is 11.4. The van der Waals surface area contributed by atoms with Gasteiger partial charge in [0.25, 0.3) is 0 Å². The fraction of sp³-hybridized carbons (Fsp3) is 0.583. The van der Waals surface area contributed by atoms with Gasteiger partial charge in [-0.15, -0.1) is 0 Å². The van der Waals surface area contributed by atoms with Gasteiger partial charge < -0.3 is 10.5 Å². The summed E-state index contributed by atoms with van der Waals surface area (Å²) in [5.41, 5.74) is 8.13. The maximum Gasteiger partial charge on any atom is 0.333 e. The molecule has 0 fully saturated rings. The Labute approximate surface area is 90.0 Å². The smallest absolute Gasteiger partial charge is 0.333 e. The minimum absolute atomic E-state index is 0.0670. The number of esters is 1. The van der Waals surface area contributed by atoms with Crippen LogP contribution < -0.4 is 5.73 Å². The van der Waals surface area contributed by atoms with E-state index in [0.29, 0.717) is 0 Å². The van der Waals surface area contributed by atoms with Crippen molar-refractivity contribution in [3.8, 4) is 0 Å². The summed E-state index contributed by atoms with van der Waals surface area (Å²) >= 11 is 0. The minimum atomic E-state index is -0.210. The predicted octanol–water partition coefficient (Wildman–Crippen LogP) is 1.54. The van der Waals surface area contributed by atoms with E-state index in [4.69, 9.17) is 10.5 Å². The summed E-state index contributed by atoms with van der Waals surface area (Å²) in [4.78, 5) is 11.4. The van der Waals surface area contributed by atoms with Gasteiger partial charge in [-0.25, -0.2) is 4.79 Å². The molecule has 0 aliphatic heterocycles. The zero-order valence-corrected chi connectivity index (χ0v) is 9.25. The second kappa shape index (κ2) is 3.49. The van der Waals surface area contributed by atoms with Gasteiger partial charge in [-0.1, -0.05) is 13.0 Å². The van der Waals surface area contributed by atoms with Crippen molar-refractivity contribution in [2.75, 3.05) is 7.11 Å². The van der Waals surface area contributed by atoms with Crippen LogP contribution in [-0.4, -0.2) is 19.1 Å². The Bertz CT molecular complexity index is 357. The number of ether oxygens (including phenoxy) is 1. The van der Waals surface area contributed by atoms with E-state index in [-0.39, 0.29) is 17.4 Å². The molecule has 0 aromatic heterocycles. The monoisotopic (exact) mass is 207 g/mol. The normalized spacial score (nSPS) is 34.2. The van der Waals surface area contributed by atoms with Gasteiger partial charge in [0.1, 0.15) is 0 Å². The number of rotatable bonds is 1. The maximum atomic E-state index is 11.4. The van der Waals surface area contributed by atoms with Crippen molar-refractivity contribution in [1.82, 2.24) is 0 Å². The highest BCUT2D eigenvalue weighted by Gasteiger charge is 2.41. The van der Waals surface area contributed by atoms with Crippen LogP contribution in [0, 0.1) is 5.41 Å². The molecule has 0 spiro atoms. The van der Waals surface area contributed by atoms with Gasteiger partial charge in [0, 0.05) is 17.0 Å². The van der Waals surface area contributed by atoms with Crippen molar-refractivity contribution in [3.05, 3.63) is 23.3 Å². The molecular formula is C12H17NO2. The Morgan fingerprint density at radius 3 is 3.07 bits per heavy atom. The molecule has 2 atom stereocenters. The summed E-state index contributed by atoms with van der Waals surface area (Å²) in [6.07, 6.45) is 6.74. The average molecular weight is 207 g/mol. The van der Waals surface area contributed by atoms with Crippen LogP contribution in [0.3, 0.4) is 0 Å². The molecule has 2 aliphatic carbocycles. The second-order valence-electron chi connectivity index (χ2n) is 4.58. The lowest BCUT2D eigenvalue weighted by Gasteiger charge is -2.35. The molecule has 0 saturated carbocycles. The number of allylic oxidation sites excluding steroid dienone is 1. The summed E-state index contributed by atoms with van der Waals surface area (Å²) in [5, 5.41) is 0. The molecule has 0 radical (unpaired) electrons. The Kier molecular flexibility index (Phi) is 2.43. The molecule has 3 heteroatoms. The fourth-order valence-electron chi connectivity index (χ4n) is 2.46. The van der Waals surface area contributed by atoms with E-state index in [0.717, 1.165) is 24.8 Å². The number of carbonyl (C=O) groups is 1. The van der Waals surface area contributed by atoms with E-state index >= 15 is 0 Å². The first-order valence-corrected chi connectivity index (χ1v) is 5.33. The first kappa shape index (κ1) is 10.4. The van der Waals surface area contributed by atoms with E-state index in [1.807, 2.05) is 6.08 Å². The number of hydrogen-bond donors (Lipinski definition) is 1. The number of hydrogen-bond acceptors (Lipinski definition) is 3.